The molecule has 102 valence electrons. The third-order valence-electron chi connectivity index (χ3n) is 2.74. The van der Waals surface area contributed by atoms with Gasteiger partial charge in [-0.15, -0.1) is 0 Å². The Hall–Kier alpha value is -2.11. The van der Waals surface area contributed by atoms with Crippen molar-refractivity contribution in [2.24, 2.45) is 7.05 Å². The van der Waals surface area contributed by atoms with Crippen molar-refractivity contribution in [3.8, 4) is 17.1 Å². The molecule has 0 aromatic carbocycles. The Kier molecular flexibility index (Phi) is 3.18. The van der Waals surface area contributed by atoms with Crippen LogP contribution in [0.4, 0.5) is 5.95 Å². The van der Waals surface area contributed by atoms with E-state index in [1.807, 2.05) is 13.2 Å². The third-order valence-corrected chi connectivity index (χ3v) is 2.74. The highest BCUT2D eigenvalue weighted by atomic mass is 16.5. The lowest BCUT2D eigenvalue weighted by molar-refractivity contribution is 0.398. The summed E-state index contributed by atoms with van der Waals surface area (Å²) in [5.41, 5.74) is 8.27. The van der Waals surface area contributed by atoms with Crippen LogP contribution in [0.25, 0.3) is 11.3 Å². The molecule has 0 aliphatic rings. The van der Waals surface area contributed by atoms with E-state index in [0.29, 0.717) is 5.88 Å². The Morgan fingerprint density at radius 2 is 1.95 bits per heavy atom. The van der Waals surface area contributed by atoms with E-state index < -0.39 is 0 Å². The van der Waals surface area contributed by atoms with Crippen LogP contribution < -0.4 is 10.5 Å². The summed E-state index contributed by atoms with van der Waals surface area (Å²) in [6.45, 7) is 6.34. The first-order valence-electron chi connectivity index (χ1n) is 6.04. The van der Waals surface area contributed by atoms with E-state index in [4.69, 9.17) is 10.5 Å². The van der Waals surface area contributed by atoms with Gasteiger partial charge in [-0.2, -0.15) is 10.1 Å². The Bertz CT molecular complexity index is 598. The van der Waals surface area contributed by atoms with Crippen LogP contribution in [-0.2, 0) is 12.5 Å². The van der Waals surface area contributed by atoms with Gasteiger partial charge in [0.15, 0.2) is 0 Å². The summed E-state index contributed by atoms with van der Waals surface area (Å²) in [5.74, 6) is 0.643. The average molecular weight is 261 g/mol. The van der Waals surface area contributed by atoms with Crippen LogP contribution in [0.1, 0.15) is 26.5 Å². The topological polar surface area (TPSA) is 78.8 Å². The molecule has 0 saturated carbocycles. The Balaban J connectivity index is 2.62. The number of aryl methyl sites for hydroxylation is 1. The Morgan fingerprint density at radius 1 is 1.26 bits per heavy atom. The van der Waals surface area contributed by atoms with Crippen LogP contribution in [0.5, 0.6) is 5.88 Å². The zero-order valence-corrected chi connectivity index (χ0v) is 11.9. The lowest BCUT2D eigenvalue weighted by atomic mass is 9.89. The van der Waals surface area contributed by atoms with Crippen molar-refractivity contribution in [3.63, 3.8) is 0 Å². The highest BCUT2D eigenvalue weighted by Crippen LogP contribution is 2.32. The van der Waals surface area contributed by atoms with Gasteiger partial charge in [0.2, 0.25) is 11.8 Å². The summed E-state index contributed by atoms with van der Waals surface area (Å²) < 4.78 is 6.91. The number of nitrogens with zero attached hydrogens (tertiary/aromatic N) is 4. The minimum atomic E-state index is -0.0798. The summed E-state index contributed by atoms with van der Waals surface area (Å²) >= 11 is 0. The maximum atomic E-state index is 5.71. The molecule has 0 aliphatic heterocycles. The van der Waals surface area contributed by atoms with E-state index in [2.05, 4.69) is 35.8 Å². The second kappa shape index (κ2) is 4.53. The molecular formula is C13H19N5O. The van der Waals surface area contributed by atoms with Crippen molar-refractivity contribution in [1.82, 2.24) is 19.7 Å². The molecule has 0 saturated heterocycles. The maximum absolute atomic E-state index is 5.71. The van der Waals surface area contributed by atoms with Gasteiger partial charge in [-0.25, -0.2) is 4.98 Å². The maximum Gasteiger partial charge on any atom is 0.223 e. The fourth-order valence-electron chi connectivity index (χ4n) is 1.92. The third kappa shape index (κ3) is 2.67. The SMILES string of the molecule is COc1cc(-c2cn(C)nc2C(C)(C)C)nc(N)n1. The van der Waals surface area contributed by atoms with Gasteiger partial charge >= 0.3 is 0 Å². The zero-order chi connectivity index (χ0) is 14.2. The summed E-state index contributed by atoms with van der Waals surface area (Å²) in [6.07, 6.45) is 1.93. The van der Waals surface area contributed by atoms with Gasteiger partial charge in [0, 0.05) is 30.3 Å². The summed E-state index contributed by atoms with van der Waals surface area (Å²) in [6, 6.07) is 1.77. The van der Waals surface area contributed by atoms with Gasteiger partial charge in [0.1, 0.15) is 0 Å². The lowest BCUT2D eigenvalue weighted by Gasteiger charge is -2.17. The second-order valence-corrected chi connectivity index (χ2v) is 5.47. The number of nitrogen functional groups attached to an aromatic ring is 1. The predicted octanol–water partition coefficient (Wildman–Crippen LogP) is 1.77. The molecule has 2 aromatic rings. The van der Waals surface area contributed by atoms with Crippen LogP contribution in [0.2, 0.25) is 0 Å². The average Bonchev–Trinajstić information content (AvgIpc) is 2.70. The molecule has 2 heterocycles. The molecule has 2 rings (SSSR count). The monoisotopic (exact) mass is 261 g/mol. The van der Waals surface area contributed by atoms with Crippen LogP contribution in [0.3, 0.4) is 0 Å². The molecular weight excluding hydrogens is 242 g/mol. The van der Waals surface area contributed by atoms with E-state index in [-0.39, 0.29) is 11.4 Å². The van der Waals surface area contributed by atoms with E-state index in [0.717, 1.165) is 17.0 Å². The molecule has 0 bridgehead atoms. The zero-order valence-electron chi connectivity index (χ0n) is 11.9. The van der Waals surface area contributed by atoms with E-state index >= 15 is 0 Å². The van der Waals surface area contributed by atoms with Crippen LogP contribution in [0, 0.1) is 0 Å². The van der Waals surface area contributed by atoms with Crippen molar-refractivity contribution < 1.29 is 4.74 Å². The molecule has 6 nitrogen and oxygen atoms in total. The molecule has 0 amide bonds. The number of methoxy groups -OCH3 is 1. The number of aromatic nitrogens is 4. The van der Waals surface area contributed by atoms with Gasteiger partial charge in [0.25, 0.3) is 0 Å². The van der Waals surface area contributed by atoms with Crippen LogP contribution in [0.15, 0.2) is 12.3 Å². The molecule has 0 fully saturated rings. The first-order valence-corrected chi connectivity index (χ1v) is 6.04. The lowest BCUT2D eigenvalue weighted by Crippen LogP contribution is -2.14. The van der Waals surface area contributed by atoms with Crippen molar-refractivity contribution in [2.45, 2.75) is 26.2 Å². The smallest absolute Gasteiger partial charge is 0.223 e. The molecule has 6 heteroatoms. The van der Waals surface area contributed by atoms with Crippen molar-refractivity contribution in [1.29, 1.82) is 0 Å². The minimum Gasteiger partial charge on any atom is -0.481 e. The van der Waals surface area contributed by atoms with Crippen molar-refractivity contribution >= 4 is 5.95 Å². The molecule has 0 aliphatic carbocycles. The van der Waals surface area contributed by atoms with Crippen LogP contribution >= 0.6 is 0 Å². The number of nitrogens with two attached hydrogens (primary N) is 1. The predicted molar refractivity (Wildman–Crippen MR) is 73.9 cm³/mol. The Labute approximate surface area is 112 Å². The first-order chi connectivity index (χ1) is 8.81. The number of hydrogen-bond acceptors (Lipinski definition) is 5. The number of rotatable bonds is 2. The van der Waals surface area contributed by atoms with Crippen LogP contribution in [-0.4, -0.2) is 26.9 Å². The quantitative estimate of drug-likeness (QED) is 0.891. The van der Waals surface area contributed by atoms with Gasteiger partial charge in [-0.1, -0.05) is 20.8 Å². The first kappa shape index (κ1) is 13.3. The molecule has 2 N–H and O–H groups in total. The highest BCUT2D eigenvalue weighted by molar-refractivity contribution is 5.64. The molecule has 0 radical (unpaired) electrons. The number of anilines is 1. The second-order valence-electron chi connectivity index (χ2n) is 5.47. The molecule has 19 heavy (non-hydrogen) atoms. The molecule has 0 atom stereocenters. The van der Waals surface area contributed by atoms with Gasteiger partial charge in [0.05, 0.1) is 18.5 Å². The fourth-order valence-corrected chi connectivity index (χ4v) is 1.92. The van der Waals surface area contributed by atoms with Gasteiger partial charge < -0.3 is 10.5 Å². The largest absolute Gasteiger partial charge is 0.481 e. The van der Waals surface area contributed by atoms with E-state index in [1.165, 1.54) is 0 Å². The van der Waals surface area contributed by atoms with Gasteiger partial charge in [-0.05, 0) is 0 Å². The standard InChI is InChI=1S/C13H19N5O/c1-13(2,3)11-8(7-18(4)17-11)9-6-10(19-5)16-12(14)15-9/h6-7H,1-5H3,(H2,14,15,16). The number of hydrogen-bond donors (Lipinski definition) is 1. The van der Waals surface area contributed by atoms with E-state index in [9.17, 15) is 0 Å². The fraction of sp³-hybridized carbons (Fsp3) is 0.462. The highest BCUT2D eigenvalue weighted by Gasteiger charge is 2.24. The minimum absolute atomic E-state index is 0.0798. The molecule has 2 aromatic heterocycles. The van der Waals surface area contributed by atoms with Gasteiger partial charge in [-0.3, -0.25) is 4.68 Å². The Morgan fingerprint density at radius 3 is 2.53 bits per heavy atom. The summed E-state index contributed by atoms with van der Waals surface area (Å²) in [7, 11) is 3.44. The molecule has 0 spiro atoms. The molecule has 0 unspecified atom stereocenters. The number of ether oxygens (including phenoxy) is 1. The van der Waals surface area contributed by atoms with Crippen molar-refractivity contribution in [2.75, 3.05) is 12.8 Å². The van der Waals surface area contributed by atoms with Crippen molar-refractivity contribution in [3.05, 3.63) is 18.0 Å². The normalized spacial score (nSPS) is 11.6. The summed E-state index contributed by atoms with van der Waals surface area (Å²) in [4.78, 5) is 8.27. The summed E-state index contributed by atoms with van der Waals surface area (Å²) in [5, 5.41) is 4.52. The van der Waals surface area contributed by atoms with E-state index in [1.54, 1.807) is 17.9 Å².